The van der Waals surface area contributed by atoms with Crippen molar-refractivity contribution in [2.24, 2.45) is 0 Å². The van der Waals surface area contributed by atoms with Gasteiger partial charge in [0.25, 0.3) is 5.56 Å². The van der Waals surface area contributed by atoms with Crippen LogP contribution >= 0.6 is 27.3 Å². The van der Waals surface area contributed by atoms with E-state index in [0.29, 0.717) is 32.1 Å². The fourth-order valence-electron chi connectivity index (χ4n) is 4.19. The van der Waals surface area contributed by atoms with E-state index in [0.717, 1.165) is 48.1 Å². The summed E-state index contributed by atoms with van der Waals surface area (Å²) in [5.74, 6) is 2.68. The lowest BCUT2D eigenvalue weighted by Gasteiger charge is -2.06. The Balaban J connectivity index is 1.65. The van der Waals surface area contributed by atoms with Crippen LogP contribution in [0.4, 0.5) is 0 Å². The Hall–Kier alpha value is -3.48. The summed E-state index contributed by atoms with van der Waals surface area (Å²) in [6.45, 7) is 4.85. The van der Waals surface area contributed by atoms with Crippen LogP contribution in [0.25, 0.3) is 23.0 Å². The number of furan rings is 1. The van der Waals surface area contributed by atoms with Crippen LogP contribution in [-0.4, -0.2) is 19.3 Å². The number of hydrogen-bond acceptors (Lipinski definition) is 6. The van der Waals surface area contributed by atoms with Gasteiger partial charge in [0.1, 0.15) is 33.7 Å². The van der Waals surface area contributed by atoms with Crippen LogP contribution in [0.1, 0.15) is 36.7 Å². The largest absolute Gasteiger partial charge is 0.457 e. The van der Waals surface area contributed by atoms with E-state index < -0.39 is 0 Å². The summed E-state index contributed by atoms with van der Waals surface area (Å²) in [5.41, 5.74) is 1.09. The maximum absolute atomic E-state index is 13.3. The Morgan fingerprint density at radius 3 is 2.80 bits per heavy atom. The number of allylic oxidation sites excluding steroid dienone is 1. The number of aryl methyl sites for hydroxylation is 1. The average Bonchev–Trinajstić information content (AvgIpc) is 3.51. The minimum Gasteiger partial charge on any atom is -0.457 e. The molecule has 3 aromatic heterocycles. The number of nitrogens with zero attached hydrogens (tertiary/aromatic N) is 5. The first-order valence-corrected chi connectivity index (χ1v) is 12.9. The Kier molecular flexibility index (Phi) is 6.66. The zero-order valence-corrected chi connectivity index (χ0v) is 21.3. The molecule has 0 aliphatic carbocycles. The van der Waals surface area contributed by atoms with Gasteiger partial charge in [0.05, 0.1) is 4.53 Å². The van der Waals surface area contributed by atoms with E-state index >= 15 is 0 Å². The molecule has 1 aliphatic heterocycles. The van der Waals surface area contributed by atoms with Crippen molar-refractivity contribution in [3.05, 3.63) is 90.5 Å². The number of thiazole rings is 1. The fraction of sp³-hybridized carbons (Fsp3) is 0.231. The summed E-state index contributed by atoms with van der Waals surface area (Å²) < 4.78 is 11.6. The fourth-order valence-corrected chi connectivity index (χ4v) is 5.54. The molecule has 4 heterocycles. The van der Waals surface area contributed by atoms with E-state index in [1.54, 1.807) is 16.7 Å². The number of aromatic nitrogens is 4. The van der Waals surface area contributed by atoms with Gasteiger partial charge in [-0.05, 0) is 37.1 Å². The average molecular weight is 548 g/mol. The highest BCUT2D eigenvalue weighted by molar-refractivity contribution is 9.10. The molecule has 5 rings (SSSR count). The molecule has 176 valence electrons. The molecule has 0 atom stereocenters. The first-order valence-electron chi connectivity index (χ1n) is 11.3. The third-order valence-electron chi connectivity index (χ3n) is 5.91. The van der Waals surface area contributed by atoms with Gasteiger partial charge in [-0.15, -0.1) is 28.1 Å². The van der Waals surface area contributed by atoms with Crippen molar-refractivity contribution in [1.82, 2.24) is 19.3 Å². The second-order valence-corrected chi connectivity index (χ2v) is 10.2. The number of hydrogen-bond donors (Lipinski definition) is 0. The molecule has 0 saturated heterocycles. The Labute approximate surface area is 214 Å². The minimum absolute atomic E-state index is 0.199. The van der Waals surface area contributed by atoms with Gasteiger partial charge >= 0.3 is 0 Å². The van der Waals surface area contributed by atoms with Gasteiger partial charge in [0, 0.05) is 35.6 Å². The molecular weight excluding hydrogens is 526 g/mol. The van der Waals surface area contributed by atoms with Crippen LogP contribution in [0.2, 0.25) is 0 Å². The van der Waals surface area contributed by atoms with Crippen LogP contribution < -0.4 is 14.8 Å². The second-order valence-electron chi connectivity index (χ2n) is 8.22. The quantitative estimate of drug-likeness (QED) is 0.352. The third-order valence-corrected chi connectivity index (χ3v) is 7.57. The van der Waals surface area contributed by atoms with Crippen molar-refractivity contribution in [2.75, 3.05) is 0 Å². The topological polar surface area (TPSA) is 89.6 Å². The number of nitriles is 1. The summed E-state index contributed by atoms with van der Waals surface area (Å²) >= 11 is 4.69. The van der Waals surface area contributed by atoms with Gasteiger partial charge in [0.2, 0.25) is 0 Å². The maximum atomic E-state index is 13.3. The summed E-state index contributed by atoms with van der Waals surface area (Å²) in [4.78, 5) is 13.3. The van der Waals surface area contributed by atoms with E-state index in [2.05, 4.69) is 38.8 Å². The smallest absolute Gasteiger partial charge is 0.269 e. The summed E-state index contributed by atoms with van der Waals surface area (Å²) in [5, 5.41) is 18.8. The molecule has 1 aliphatic rings. The lowest BCUT2D eigenvalue weighted by molar-refractivity contribution is 0.571. The van der Waals surface area contributed by atoms with Crippen LogP contribution in [0.5, 0.6) is 0 Å². The number of fused-ring (bicyclic) bond motifs is 1. The first kappa shape index (κ1) is 23.3. The van der Waals surface area contributed by atoms with Gasteiger partial charge in [-0.1, -0.05) is 40.6 Å². The van der Waals surface area contributed by atoms with Crippen molar-refractivity contribution >= 4 is 38.9 Å². The molecule has 7 nitrogen and oxygen atoms in total. The Morgan fingerprint density at radius 1 is 1.20 bits per heavy atom. The predicted molar refractivity (Wildman–Crippen MR) is 139 cm³/mol. The molecule has 0 radical (unpaired) electrons. The van der Waals surface area contributed by atoms with Crippen LogP contribution in [0.3, 0.4) is 0 Å². The van der Waals surface area contributed by atoms with Gasteiger partial charge in [-0.25, -0.2) is 0 Å². The van der Waals surface area contributed by atoms with Crippen molar-refractivity contribution in [3.63, 3.8) is 0 Å². The summed E-state index contributed by atoms with van der Waals surface area (Å²) in [6, 6.07) is 13.8. The van der Waals surface area contributed by atoms with Crippen molar-refractivity contribution in [3.8, 4) is 17.4 Å². The molecule has 0 saturated carbocycles. The molecule has 9 heteroatoms. The van der Waals surface area contributed by atoms with Gasteiger partial charge in [0.15, 0.2) is 5.82 Å². The standard InChI is InChI=1S/C26H22BrN5O2S/c1-2-13-32-25(33)22(15-19-11-12-21(34-19)17-7-9-18(27)10-8-17)35-26(32)20(16-28)24-30-29-23-6-4-3-5-14-31(23)24/h2,7-12,15H,1,3-6,13-14H2/b22-15-,26-20-. The highest BCUT2D eigenvalue weighted by atomic mass is 79.9. The van der Waals surface area contributed by atoms with Crippen molar-refractivity contribution in [2.45, 2.75) is 38.8 Å². The lowest BCUT2D eigenvalue weighted by Crippen LogP contribution is -2.32. The van der Waals surface area contributed by atoms with Crippen molar-refractivity contribution in [1.29, 1.82) is 5.26 Å². The zero-order valence-electron chi connectivity index (χ0n) is 18.9. The number of rotatable bonds is 5. The molecule has 0 unspecified atom stereocenters. The van der Waals surface area contributed by atoms with E-state index in [4.69, 9.17) is 4.42 Å². The van der Waals surface area contributed by atoms with Crippen LogP contribution in [0.15, 0.2) is 62.7 Å². The first-order chi connectivity index (χ1) is 17.1. The van der Waals surface area contributed by atoms with E-state index in [1.165, 1.54) is 11.3 Å². The molecule has 0 N–H and O–H groups in total. The van der Waals surface area contributed by atoms with Gasteiger partial charge in [-0.3, -0.25) is 9.36 Å². The zero-order chi connectivity index (χ0) is 24.4. The molecule has 0 fully saturated rings. The molecule has 0 amide bonds. The molecule has 0 bridgehead atoms. The molecule has 0 spiro atoms. The van der Waals surface area contributed by atoms with E-state index in [1.807, 2.05) is 41.0 Å². The SMILES string of the molecule is C=CCn1c(=O)/c(=C/c2ccc(-c3ccc(Br)cc3)o2)s/c1=C(/C#N)c1nnc2n1CCCCC2. The lowest BCUT2D eigenvalue weighted by atomic mass is 10.2. The number of benzene rings is 1. The molecule has 4 aromatic rings. The van der Waals surface area contributed by atoms with Gasteiger partial charge < -0.3 is 8.98 Å². The van der Waals surface area contributed by atoms with Crippen LogP contribution in [0, 0.1) is 11.3 Å². The monoisotopic (exact) mass is 547 g/mol. The predicted octanol–water partition coefficient (Wildman–Crippen LogP) is 3.99. The third kappa shape index (κ3) is 4.59. The van der Waals surface area contributed by atoms with Crippen molar-refractivity contribution < 1.29 is 4.42 Å². The van der Waals surface area contributed by atoms with Gasteiger partial charge in [-0.2, -0.15) is 5.26 Å². The normalized spacial score (nSPS) is 14.8. The summed E-state index contributed by atoms with van der Waals surface area (Å²) in [6.07, 6.45) is 7.41. The van der Waals surface area contributed by atoms with Crippen LogP contribution in [-0.2, 0) is 19.5 Å². The molecular formula is C26H22BrN5O2S. The maximum Gasteiger partial charge on any atom is 0.269 e. The Morgan fingerprint density at radius 2 is 2.03 bits per heavy atom. The second kappa shape index (κ2) is 10.0. The highest BCUT2D eigenvalue weighted by Gasteiger charge is 2.20. The van der Waals surface area contributed by atoms with E-state index in [9.17, 15) is 10.1 Å². The number of halogens is 1. The Bertz CT molecular complexity index is 1620. The minimum atomic E-state index is -0.199. The molecule has 35 heavy (non-hydrogen) atoms. The van der Waals surface area contributed by atoms with E-state index in [-0.39, 0.29) is 12.1 Å². The highest BCUT2D eigenvalue weighted by Crippen LogP contribution is 2.24. The molecule has 1 aromatic carbocycles. The summed E-state index contributed by atoms with van der Waals surface area (Å²) in [7, 11) is 0.